The van der Waals surface area contributed by atoms with Crippen LogP contribution in [0.3, 0.4) is 0 Å². The van der Waals surface area contributed by atoms with Crippen molar-refractivity contribution >= 4 is 6.21 Å². The third-order valence-corrected chi connectivity index (χ3v) is 1.14. The van der Waals surface area contributed by atoms with Crippen molar-refractivity contribution in [2.24, 2.45) is 4.99 Å². The second kappa shape index (κ2) is 6.33. The number of rotatable bonds is 5. The van der Waals surface area contributed by atoms with E-state index in [0.29, 0.717) is 5.76 Å². The molecule has 0 aromatic carbocycles. The third kappa shape index (κ3) is 5.35. The second-order valence-corrected chi connectivity index (χ2v) is 2.06. The quantitative estimate of drug-likeness (QED) is 0.326. The van der Waals surface area contributed by atoms with E-state index in [-0.39, 0.29) is 0 Å². The molecule has 0 rings (SSSR count). The fraction of sp³-hybridized carbons (Fsp3) is 0.625. The molecule has 10 heavy (non-hydrogen) atoms. The van der Waals surface area contributed by atoms with Gasteiger partial charge in [0.25, 0.3) is 0 Å². The monoisotopic (exact) mass is 141 g/mol. The summed E-state index contributed by atoms with van der Waals surface area (Å²) in [4.78, 5) is 4.08. The van der Waals surface area contributed by atoms with E-state index in [1.165, 1.54) is 6.42 Å². The minimum absolute atomic E-state index is 0.621. The molecule has 2 heteroatoms. The van der Waals surface area contributed by atoms with Crippen LogP contribution < -0.4 is 0 Å². The van der Waals surface area contributed by atoms with E-state index in [1.807, 2.05) is 0 Å². The van der Waals surface area contributed by atoms with Gasteiger partial charge in [0.2, 0.25) is 0 Å². The zero-order chi connectivity index (χ0) is 7.82. The molecule has 0 atom stereocenters. The van der Waals surface area contributed by atoms with Crippen LogP contribution in [0.1, 0.15) is 19.8 Å². The topological polar surface area (TPSA) is 21.6 Å². The van der Waals surface area contributed by atoms with Gasteiger partial charge in [0.1, 0.15) is 5.76 Å². The summed E-state index contributed by atoms with van der Waals surface area (Å²) in [5, 5.41) is 0. The molecule has 0 aliphatic heterocycles. The molecule has 58 valence electrons. The summed E-state index contributed by atoms with van der Waals surface area (Å²) >= 11 is 0. The van der Waals surface area contributed by atoms with Crippen LogP contribution in [0.15, 0.2) is 17.3 Å². The molecule has 0 N–H and O–H groups in total. The first-order valence-corrected chi connectivity index (χ1v) is 3.54. The Morgan fingerprint density at radius 2 is 2.40 bits per heavy atom. The molecule has 0 amide bonds. The Kier molecular flexibility index (Phi) is 5.83. The van der Waals surface area contributed by atoms with Crippen LogP contribution in [0, 0.1) is 0 Å². The van der Waals surface area contributed by atoms with E-state index in [1.54, 1.807) is 13.3 Å². The lowest BCUT2D eigenvalue weighted by molar-refractivity contribution is 0.319. The highest BCUT2D eigenvalue weighted by Crippen LogP contribution is 1.88. The van der Waals surface area contributed by atoms with Crippen molar-refractivity contribution in [1.29, 1.82) is 0 Å². The van der Waals surface area contributed by atoms with Crippen molar-refractivity contribution < 1.29 is 4.74 Å². The number of nitrogens with zero attached hydrogens (tertiary/aromatic N) is 1. The van der Waals surface area contributed by atoms with Crippen molar-refractivity contribution in [3.05, 3.63) is 12.3 Å². The molecule has 0 spiro atoms. The van der Waals surface area contributed by atoms with Crippen molar-refractivity contribution in [1.82, 2.24) is 0 Å². The largest absolute Gasteiger partial charge is 0.496 e. The molecule has 0 unspecified atom stereocenters. The standard InChI is InChI=1S/C8H15NO/c1-4-5-6-9-7-8(2)10-3/h7H,2,4-6H2,1,3H3. The Morgan fingerprint density at radius 1 is 1.70 bits per heavy atom. The van der Waals surface area contributed by atoms with Gasteiger partial charge in [-0.05, 0) is 6.42 Å². The Labute approximate surface area is 62.6 Å². The van der Waals surface area contributed by atoms with Crippen LogP contribution in [0.2, 0.25) is 0 Å². The van der Waals surface area contributed by atoms with Crippen LogP contribution in [0.5, 0.6) is 0 Å². The molecule has 0 saturated heterocycles. The summed E-state index contributed by atoms with van der Waals surface area (Å²) in [5.41, 5.74) is 0. The average molecular weight is 141 g/mol. The summed E-state index contributed by atoms with van der Waals surface area (Å²) in [5.74, 6) is 0.621. The van der Waals surface area contributed by atoms with Crippen LogP contribution in [0.4, 0.5) is 0 Å². The van der Waals surface area contributed by atoms with E-state index in [2.05, 4.69) is 18.5 Å². The molecular formula is C8H15NO. The lowest BCUT2D eigenvalue weighted by Gasteiger charge is -1.94. The highest BCUT2D eigenvalue weighted by atomic mass is 16.5. The first-order chi connectivity index (χ1) is 4.81. The molecular weight excluding hydrogens is 126 g/mol. The fourth-order valence-corrected chi connectivity index (χ4v) is 0.468. The van der Waals surface area contributed by atoms with Gasteiger partial charge >= 0.3 is 0 Å². The average Bonchev–Trinajstić information content (AvgIpc) is 1.98. The SMILES string of the molecule is C=C(C=NCCCC)OC. The predicted molar refractivity (Wildman–Crippen MR) is 44.4 cm³/mol. The van der Waals surface area contributed by atoms with Crippen LogP contribution in [-0.2, 0) is 4.74 Å². The third-order valence-electron chi connectivity index (χ3n) is 1.14. The Morgan fingerprint density at radius 3 is 2.90 bits per heavy atom. The number of hydrogen-bond donors (Lipinski definition) is 0. The van der Waals surface area contributed by atoms with Crippen molar-refractivity contribution in [3.8, 4) is 0 Å². The normalized spacial score (nSPS) is 10.2. The lowest BCUT2D eigenvalue weighted by Crippen LogP contribution is -1.86. The predicted octanol–water partition coefficient (Wildman–Crippen LogP) is 2.02. The van der Waals surface area contributed by atoms with Crippen LogP contribution in [0.25, 0.3) is 0 Å². The van der Waals surface area contributed by atoms with Crippen LogP contribution >= 0.6 is 0 Å². The van der Waals surface area contributed by atoms with Gasteiger partial charge in [0, 0.05) is 6.54 Å². The van der Waals surface area contributed by atoms with Crippen LogP contribution in [-0.4, -0.2) is 19.9 Å². The molecule has 0 aliphatic carbocycles. The van der Waals surface area contributed by atoms with Gasteiger partial charge in [-0.15, -0.1) is 0 Å². The molecule has 0 aliphatic rings. The number of methoxy groups -OCH3 is 1. The van der Waals surface area contributed by atoms with Gasteiger partial charge in [-0.1, -0.05) is 19.9 Å². The lowest BCUT2D eigenvalue weighted by atomic mass is 10.3. The number of aliphatic imine (C=N–C) groups is 1. The van der Waals surface area contributed by atoms with Crippen molar-refractivity contribution in [3.63, 3.8) is 0 Å². The molecule has 0 radical (unpaired) electrons. The van der Waals surface area contributed by atoms with E-state index in [4.69, 9.17) is 4.74 Å². The Bertz CT molecular complexity index is 118. The fourth-order valence-electron chi connectivity index (χ4n) is 0.468. The number of hydrogen-bond acceptors (Lipinski definition) is 2. The van der Waals surface area contributed by atoms with E-state index in [0.717, 1.165) is 13.0 Å². The number of unbranched alkanes of at least 4 members (excludes halogenated alkanes) is 1. The number of ether oxygens (including phenoxy) is 1. The molecule has 0 aromatic heterocycles. The van der Waals surface area contributed by atoms with E-state index in [9.17, 15) is 0 Å². The molecule has 2 nitrogen and oxygen atoms in total. The minimum atomic E-state index is 0.621. The minimum Gasteiger partial charge on any atom is -0.496 e. The second-order valence-electron chi connectivity index (χ2n) is 2.06. The molecule has 0 saturated carbocycles. The van der Waals surface area contributed by atoms with Gasteiger partial charge in [-0.2, -0.15) is 0 Å². The maximum absolute atomic E-state index is 4.79. The first-order valence-electron chi connectivity index (χ1n) is 3.54. The van der Waals surface area contributed by atoms with E-state index < -0.39 is 0 Å². The summed E-state index contributed by atoms with van der Waals surface area (Å²) in [6.45, 7) is 6.61. The summed E-state index contributed by atoms with van der Waals surface area (Å²) in [7, 11) is 1.59. The summed E-state index contributed by atoms with van der Waals surface area (Å²) in [6, 6.07) is 0. The molecule has 0 bridgehead atoms. The Balaban J connectivity index is 3.27. The smallest absolute Gasteiger partial charge is 0.129 e. The zero-order valence-electron chi connectivity index (χ0n) is 6.76. The van der Waals surface area contributed by atoms with Gasteiger partial charge in [-0.3, -0.25) is 4.99 Å². The highest BCUT2D eigenvalue weighted by molar-refractivity contribution is 5.74. The molecule has 0 aromatic rings. The molecule has 0 fully saturated rings. The number of allylic oxidation sites excluding steroid dienone is 1. The van der Waals surface area contributed by atoms with Crippen molar-refractivity contribution in [2.75, 3.05) is 13.7 Å². The molecule has 0 heterocycles. The van der Waals surface area contributed by atoms with E-state index >= 15 is 0 Å². The Hall–Kier alpha value is -0.790. The van der Waals surface area contributed by atoms with Crippen molar-refractivity contribution in [2.45, 2.75) is 19.8 Å². The summed E-state index contributed by atoms with van der Waals surface area (Å²) in [6.07, 6.45) is 3.97. The highest BCUT2D eigenvalue weighted by Gasteiger charge is 1.81. The first kappa shape index (κ1) is 9.21. The van der Waals surface area contributed by atoms with Gasteiger partial charge in [-0.25, -0.2) is 0 Å². The van der Waals surface area contributed by atoms with Gasteiger partial charge < -0.3 is 4.74 Å². The zero-order valence-corrected chi connectivity index (χ0v) is 6.76. The van der Waals surface area contributed by atoms with Gasteiger partial charge in [0.05, 0.1) is 13.3 Å². The maximum atomic E-state index is 4.79. The maximum Gasteiger partial charge on any atom is 0.129 e. The van der Waals surface area contributed by atoms with Gasteiger partial charge in [0.15, 0.2) is 0 Å². The summed E-state index contributed by atoms with van der Waals surface area (Å²) < 4.78 is 4.79.